The maximum absolute atomic E-state index is 13.1. The number of benzene rings is 1. The minimum atomic E-state index is -0.140. The third-order valence-corrected chi connectivity index (χ3v) is 8.76. The SMILES string of the molecule is O=C(N[C@H]1CC2(C1)C[C@H](c1n[nH]c(=O)c3ccccc31)C2)c1cnc2cc(OCCN3CCCC3)ccn12. The first-order valence-electron chi connectivity index (χ1n) is 13.7. The highest BCUT2D eigenvalue weighted by molar-refractivity contribution is 5.93. The van der Waals surface area contributed by atoms with E-state index in [9.17, 15) is 9.59 Å². The van der Waals surface area contributed by atoms with Gasteiger partial charge in [-0.3, -0.25) is 18.9 Å². The first-order chi connectivity index (χ1) is 18.6. The van der Waals surface area contributed by atoms with Crippen molar-refractivity contribution in [2.24, 2.45) is 5.41 Å². The molecule has 0 radical (unpaired) electrons. The fourth-order valence-corrected chi connectivity index (χ4v) is 6.82. The van der Waals surface area contributed by atoms with Crippen LogP contribution >= 0.6 is 0 Å². The van der Waals surface area contributed by atoms with E-state index in [-0.39, 0.29) is 22.9 Å². The van der Waals surface area contributed by atoms with Gasteiger partial charge in [0.1, 0.15) is 23.7 Å². The number of hydrogen-bond donors (Lipinski definition) is 2. The largest absolute Gasteiger partial charge is 0.492 e. The Morgan fingerprint density at radius 3 is 2.71 bits per heavy atom. The molecule has 1 spiro atoms. The van der Waals surface area contributed by atoms with E-state index in [1.54, 1.807) is 6.20 Å². The van der Waals surface area contributed by atoms with Crippen LogP contribution in [0.15, 0.2) is 53.6 Å². The van der Waals surface area contributed by atoms with Gasteiger partial charge in [0.25, 0.3) is 11.5 Å². The van der Waals surface area contributed by atoms with Crippen molar-refractivity contribution in [1.29, 1.82) is 0 Å². The monoisotopic (exact) mass is 512 g/mol. The summed E-state index contributed by atoms with van der Waals surface area (Å²) in [6, 6.07) is 11.6. The van der Waals surface area contributed by atoms with Gasteiger partial charge in [-0.1, -0.05) is 18.2 Å². The Labute approximate surface area is 220 Å². The molecule has 1 aliphatic heterocycles. The van der Waals surface area contributed by atoms with E-state index < -0.39 is 0 Å². The van der Waals surface area contributed by atoms with Crippen molar-refractivity contribution in [1.82, 2.24) is 29.8 Å². The second-order valence-corrected chi connectivity index (χ2v) is 11.3. The zero-order valence-electron chi connectivity index (χ0n) is 21.4. The molecule has 1 aromatic carbocycles. The fourth-order valence-electron chi connectivity index (χ4n) is 6.82. The van der Waals surface area contributed by atoms with Crippen molar-refractivity contribution in [2.45, 2.75) is 50.5 Å². The Morgan fingerprint density at radius 1 is 1.11 bits per heavy atom. The van der Waals surface area contributed by atoms with Crippen LogP contribution < -0.4 is 15.6 Å². The molecule has 2 N–H and O–H groups in total. The van der Waals surface area contributed by atoms with E-state index in [0.717, 1.165) is 62.1 Å². The predicted molar refractivity (Wildman–Crippen MR) is 144 cm³/mol. The summed E-state index contributed by atoms with van der Waals surface area (Å²) in [6.45, 7) is 3.92. The van der Waals surface area contributed by atoms with Crippen molar-refractivity contribution >= 4 is 22.3 Å². The first kappa shape index (κ1) is 23.4. The molecule has 1 amide bonds. The quantitative estimate of drug-likeness (QED) is 0.393. The zero-order valence-corrected chi connectivity index (χ0v) is 21.4. The Kier molecular flexibility index (Phi) is 5.69. The molecule has 2 aliphatic carbocycles. The van der Waals surface area contributed by atoms with Crippen LogP contribution in [0.4, 0.5) is 0 Å². The van der Waals surface area contributed by atoms with Crippen LogP contribution in [-0.4, -0.2) is 62.7 Å². The molecule has 9 nitrogen and oxygen atoms in total. The maximum Gasteiger partial charge on any atom is 0.272 e. The molecule has 0 atom stereocenters. The lowest BCUT2D eigenvalue weighted by Gasteiger charge is -2.57. The third kappa shape index (κ3) is 4.15. The number of nitrogens with zero attached hydrogens (tertiary/aromatic N) is 4. The Balaban J connectivity index is 0.939. The minimum absolute atomic E-state index is 0.0933. The zero-order chi connectivity index (χ0) is 25.7. The summed E-state index contributed by atoms with van der Waals surface area (Å²) >= 11 is 0. The molecule has 3 aromatic heterocycles. The number of rotatable bonds is 7. The first-order valence-corrected chi connectivity index (χ1v) is 13.7. The van der Waals surface area contributed by atoms with Crippen LogP contribution in [-0.2, 0) is 0 Å². The molecule has 38 heavy (non-hydrogen) atoms. The van der Waals surface area contributed by atoms with Crippen LogP contribution in [0.5, 0.6) is 5.75 Å². The van der Waals surface area contributed by atoms with Gasteiger partial charge >= 0.3 is 0 Å². The van der Waals surface area contributed by atoms with E-state index in [2.05, 4.69) is 25.4 Å². The number of carbonyl (C=O) groups is 1. The number of amides is 1. The number of fused-ring (bicyclic) bond motifs is 2. The molecular weight excluding hydrogens is 480 g/mol. The van der Waals surface area contributed by atoms with E-state index in [0.29, 0.717) is 29.3 Å². The molecule has 9 heteroatoms. The molecule has 196 valence electrons. The molecular formula is C29H32N6O3. The fraction of sp³-hybridized carbons (Fsp3) is 0.448. The molecule has 3 fully saturated rings. The number of carbonyl (C=O) groups excluding carboxylic acids is 1. The molecule has 3 aliphatic rings. The summed E-state index contributed by atoms with van der Waals surface area (Å²) in [5.74, 6) is 1.03. The Hall–Kier alpha value is -3.72. The average molecular weight is 513 g/mol. The summed E-state index contributed by atoms with van der Waals surface area (Å²) in [5.41, 5.74) is 2.37. The van der Waals surface area contributed by atoms with Gasteiger partial charge in [0.05, 0.1) is 17.3 Å². The maximum atomic E-state index is 13.1. The van der Waals surface area contributed by atoms with Gasteiger partial charge in [0, 0.05) is 36.2 Å². The normalized spacial score (nSPS) is 24.9. The van der Waals surface area contributed by atoms with Crippen LogP contribution in [0.3, 0.4) is 0 Å². The number of ether oxygens (including phenoxy) is 1. The number of aromatic amines is 1. The Morgan fingerprint density at radius 2 is 1.89 bits per heavy atom. The summed E-state index contributed by atoms with van der Waals surface area (Å²) in [6.07, 6.45) is 10.1. The van der Waals surface area contributed by atoms with E-state index in [4.69, 9.17) is 4.74 Å². The van der Waals surface area contributed by atoms with Gasteiger partial charge in [-0.25, -0.2) is 10.1 Å². The molecule has 2 saturated carbocycles. The molecule has 4 aromatic rings. The molecule has 0 bridgehead atoms. The number of aromatic nitrogens is 4. The Bertz CT molecular complexity index is 1560. The van der Waals surface area contributed by atoms with Crippen LogP contribution in [0.2, 0.25) is 0 Å². The van der Waals surface area contributed by atoms with E-state index in [1.807, 2.05) is 47.0 Å². The number of likely N-dealkylation sites (tertiary alicyclic amines) is 1. The van der Waals surface area contributed by atoms with Crippen LogP contribution in [0.1, 0.15) is 60.6 Å². The summed E-state index contributed by atoms with van der Waals surface area (Å²) in [5, 5.41) is 11.9. The highest BCUT2D eigenvalue weighted by atomic mass is 16.5. The third-order valence-electron chi connectivity index (χ3n) is 8.76. The lowest BCUT2D eigenvalue weighted by Crippen LogP contribution is -2.55. The lowest BCUT2D eigenvalue weighted by atomic mass is 9.49. The van der Waals surface area contributed by atoms with Crippen molar-refractivity contribution in [3.8, 4) is 5.75 Å². The lowest BCUT2D eigenvalue weighted by molar-refractivity contribution is -0.0197. The highest BCUT2D eigenvalue weighted by Gasteiger charge is 2.54. The van der Waals surface area contributed by atoms with Crippen LogP contribution in [0.25, 0.3) is 16.4 Å². The second kappa shape index (κ2) is 9.23. The molecule has 0 unspecified atom stereocenters. The number of hydrogen-bond acceptors (Lipinski definition) is 6. The van der Waals surface area contributed by atoms with E-state index in [1.165, 1.54) is 12.8 Å². The number of pyridine rings is 1. The van der Waals surface area contributed by atoms with Crippen molar-refractivity contribution in [3.05, 3.63) is 70.5 Å². The highest BCUT2D eigenvalue weighted by Crippen LogP contribution is 2.62. The van der Waals surface area contributed by atoms with Crippen molar-refractivity contribution < 1.29 is 9.53 Å². The van der Waals surface area contributed by atoms with Gasteiger partial charge in [-0.2, -0.15) is 5.10 Å². The van der Waals surface area contributed by atoms with Gasteiger partial charge in [0.15, 0.2) is 0 Å². The van der Waals surface area contributed by atoms with E-state index >= 15 is 0 Å². The molecule has 4 heterocycles. The standard InChI is InChI=1S/C29H32N6O3/c36-27-23-6-2-1-5-22(23)26(32-33-27)19-14-29(15-19)16-20(17-29)31-28(37)24-18-30-25-13-21(7-10-35(24)25)38-12-11-34-8-3-4-9-34/h1-2,5-7,10,13,18-20H,3-4,8-9,11-12,14-17H2,(H,31,37)(H,33,36)/t19-,20-,29?. The summed E-state index contributed by atoms with van der Waals surface area (Å²) in [4.78, 5) is 32.0. The number of nitrogens with one attached hydrogen (secondary N) is 2. The van der Waals surface area contributed by atoms with Crippen molar-refractivity contribution in [3.63, 3.8) is 0 Å². The number of imidazole rings is 1. The van der Waals surface area contributed by atoms with Gasteiger partial charge in [-0.15, -0.1) is 0 Å². The molecule has 1 saturated heterocycles. The minimum Gasteiger partial charge on any atom is -0.492 e. The van der Waals surface area contributed by atoms with Gasteiger partial charge in [0.2, 0.25) is 0 Å². The molecule has 7 rings (SSSR count). The predicted octanol–water partition coefficient (Wildman–Crippen LogP) is 3.50. The van der Waals surface area contributed by atoms with Gasteiger partial charge < -0.3 is 10.1 Å². The topological polar surface area (TPSA) is 105 Å². The van der Waals surface area contributed by atoms with Crippen LogP contribution in [0, 0.1) is 5.41 Å². The van der Waals surface area contributed by atoms with Gasteiger partial charge in [-0.05, 0) is 69.2 Å². The smallest absolute Gasteiger partial charge is 0.272 e. The number of H-pyrrole nitrogens is 1. The van der Waals surface area contributed by atoms with Crippen molar-refractivity contribution in [2.75, 3.05) is 26.2 Å². The second-order valence-electron chi connectivity index (χ2n) is 11.3. The average Bonchev–Trinajstić information content (AvgIpc) is 3.55. The summed E-state index contributed by atoms with van der Waals surface area (Å²) in [7, 11) is 0. The summed E-state index contributed by atoms with van der Waals surface area (Å²) < 4.78 is 7.75.